The van der Waals surface area contributed by atoms with Gasteiger partial charge in [-0.25, -0.2) is 9.79 Å². The highest BCUT2D eigenvalue weighted by Crippen LogP contribution is 2.22. The van der Waals surface area contributed by atoms with Crippen molar-refractivity contribution in [2.24, 2.45) is 4.99 Å². The summed E-state index contributed by atoms with van der Waals surface area (Å²) in [6, 6.07) is 14.2. The summed E-state index contributed by atoms with van der Waals surface area (Å²) in [5.74, 6) is 0.322. The Labute approximate surface area is 156 Å². The summed E-state index contributed by atoms with van der Waals surface area (Å²) in [5, 5.41) is 0. The van der Waals surface area contributed by atoms with Crippen LogP contribution in [0.2, 0.25) is 0 Å². The number of nitrogens with zero attached hydrogens (tertiary/aromatic N) is 1. The molecule has 136 valence electrons. The molecule has 0 spiro atoms. The van der Waals surface area contributed by atoms with E-state index in [0.717, 1.165) is 5.56 Å². The zero-order valence-electron chi connectivity index (χ0n) is 14.8. The molecule has 1 aliphatic rings. The maximum atomic E-state index is 12.0. The van der Waals surface area contributed by atoms with E-state index in [0.29, 0.717) is 17.1 Å². The minimum absolute atomic E-state index is 0.162. The molecule has 2 aromatic carbocycles. The fourth-order valence-corrected chi connectivity index (χ4v) is 2.45. The minimum atomic E-state index is -0.549. The SMILES string of the molecule is COc1ccccc1/C=C/C1=NC(=C\c2cccc(OC(C)=O)c2)/C(=O)O1. The molecule has 0 aromatic heterocycles. The number of benzene rings is 2. The Morgan fingerprint density at radius 1 is 1.11 bits per heavy atom. The van der Waals surface area contributed by atoms with Gasteiger partial charge in [0.1, 0.15) is 11.5 Å². The Hall–Kier alpha value is -3.67. The van der Waals surface area contributed by atoms with E-state index >= 15 is 0 Å². The van der Waals surface area contributed by atoms with E-state index in [1.807, 2.05) is 24.3 Å². The largest absolute Gasteiger partial charge is 0.496 e. The van der Waals surface area contributed by atoms with Gasteiger partial charge >= 0.3 is 11.9 Å². The molecular weight excluding hydrogens is 346 g/mol. The molecule has 0 unspecified atom stereocenters. The minimum Gasteiger partial charge on any atom is -0.496 e. The number of hydrogen-bond acceptors (Lipinski definition) is 6. The third-order valence-electron chi connectivity index (χ3n) is 3.60. The Morgan fingerprint density at radius 2 is 1.93 bits per heavy atom. The second-order valence-corrected chi connectivity index (χ2v) is 5.61. The van der Waals surface area contributed by atoms with E-state index in [1.54, 1.807) is 49.6 Å². The van der Waals surface area contributed by atoms with E-state index in [9.17, 15) is 9.59 Å². The zero-order chi connectivity index (χ0) is 19.2. The number of carbonyl (C=O) groups excluding carboxylic acids is 2. The van der Waals surface area contributed by atoms with Crippen molar-refractivity contribution < 1.29 is 23.8 Å². The topological polar surface area (TPSA) is 74.2 Å². The van der Waals surface area contributed by atoms with Gasteiger partial charge in [-0.05, 0) is 35.9 Å². The van der Waals surface area contributed by atoms with Gasteiger partial charge in [0.05, 0.1) is 7.11 Å². The molecule has 6 nitrogen and oxygen atoms in total. The number of carbonyl (C=O) groups is 2. The first kappa shape index (κ1) is 18.1. The first-order valence-corrected chi connectivity index (χ1v) is 8.17. The van der Waals surface area contributed by atoms with Gasteiger partial charge in [0.25, 0.3) is 0 Å². The van der Waals surface area contributed by atoms with Crippen molar-refractivity contribution in [1.29, 1.82) is 0 Å². The van der Waals surface area contributed by atoms with Crippen LogP contribution in [0, 0.1) is 0 Å². The number of esters is 2. The number of para-hydroxylation sites is 1. The van der Waals surface area contributed by atoms with Gasteiger partial charge in [0.2, 0.25) is 5.90 Å². The molecule has 0 saturated heterocycles. The van der Waals surface area contributed by atoms with Gasteiger partial charge < -0.3 is 14.2 Å². The molecule has 6 heteroatoms. The Balaban J connectivity index is 1.81. The van der Waals surface area contributed by atoms with Crippen LogP contribution in [0.1, 0.15) is 18.1 Å². The van der Waals surface area contributed by atoms with Crippen molar-refractivity contribution in [2.75, 3.05) is 7.11 Å². The van der Waals surface area contributed by atoms with Crippen molar-refractivity contribution in [3.63, 3.8) is 0 Å². The molecule has 0 amide bonds. The molecule has 27 heavy (non-hydrogen) atoms. The highest BCUT2D eigenvalue weighted by Gasteiger charge is 2.21. The molecule has 1 heterocycles. The standard InChI is InChI=1S/C21H17NO5/c1-14(23)26-17-8-5-6-15(12-17)13-18-21(24)27-20(22-18)11-10-16-7-3-4-9-19(16)25-2/h3-13H,1-2H3/b11-10+,18-13-. The molecule has 0 bridgehead atoms. The summed E-state index contributed by atoms with van der Waals surface area (Å²) in [7, 11) is 1.59. The predicted molar refractivity (Wildman–Crippen MR) is 101 cm³/mol. The summed E-state index contributed by atoms with van der Waals surface area (Å²) in [6.45, 7) is 1.32. The van der Waals surface area contributed by atoms with Crippen molar-refractivity contribution in [2.45, 2.75) is 6.92 Å². The normalized spacial score (nSPS) is 15.0. The quantitative estimate of drug-likeness (QED) is 0.461. The average Bonchev–Trinajstić information content (AvgIpc) is 2.99. The van der Waals surface area contributed by atoms with E-state index < -0.39 is 11.9 Å². The second kappa shape index (κ2) is 8.14. The average molecular weight is 363 g/mol. The number of ether oxygens (including phenoxy) is 3. The van der Waals surface area contributed by atoms with Gasteiger partial charge in [-0.1, -0.05) is 30.3 Å². The van der Waals surface area contributed by atoms with Gasteiger partial charge in [-0.15, -0.1) is 0 Å². The van der Waals surface area contributed by atoms with E-state index in [2.05, 4.69) is 4.99 Å². The van der Waals surface area contributed by atoms with Crippen LogP contribution in [-0.2, 0) is 14.3 Å². The fraction of sp³-hybridized carbons (Fsp3) is 0.0952. The van der Waals surface area contributed by atoms with Crippen molar-refractivity contribution >= 4 is 30.0 Å². The molecule has 0 saturated carbocycles. The summed E-state index contributed by atoms with van der Waals surface area (Å²) in [5.41, 5.74) is 1.67. The molecular formula is C21H17NO5. The number of aliphatic imine (C=N–C) groups is 1. The highest BCUT2D eigenvalue weighted by atomic mass is 16.6. The van der Waals surface area contributed by atoms with Crippen LogP contribution < -0.4 is 9.47 Å². The van der Waals surface area contributed by atoms with Crippen LogP contribution in [-0.4, -0.2) is 24.9 Å². The number of cyclic esters (lactones) is 1. The maximum absolute atomic E-state index is 12.0. The lowest BCUT2D eigenvalue weighted by Crippen LogP contribution is -2.02. The van der Waals surface area contributed by atoms with E-state index in [1.165, 1.54) is 6.92 Å². The molecule has 2 aromatic rings. The molecule has 0 atom stereocenters. The smallest absolute Gasteiger partial charge is 0.363 e. The molecule has 1 aliphatic heterocycles. The number of methoxy groups -OCH3 is 1. The molecule has 0 radical (unpaired) electrons. The summed E-state index contributed by atoms with van der Waals surface area (Å²) < 4.78 is 15.5. The van der Waals surface area contributed by atoms with Crippen LogP contribution in [0.15, 0.2) is 65.3 Å². The molecule has 0 N–H and O–H groups in total. The van der Waals surface area contributed by atoms with E-state index in [4.69, 9.17) is 14.2 Å². The van der Waals surface area contributed by atoms with Gasteiger partial charge in [-0.3, -0.25) is 4.79 Å². The van der Waals surface area contributed by atoms with Gasteiger partial charge in [0, 0.05) is 18.6 Å². The Morgan fingerprint density at radius 3 is 2.70 bits per heavy atom. The third-order valence-corrected chi connectivity index (χ3v) is 3.60. The Kier molecular flexibility index (Phi) is 5.47. The van der Waals surface area contributed by atoms with Crippen LogP contribution in [0.4, 0.5) is 0 Å². The first-order chi connectivity index (χ1) is 13.0. The summed E-state index contributed by atoms with van der Waals surface area (Å²) in [6.07, 6.45) is 4.93. The highest BCUT2D eigenvalue weighted by molar-refractivity contribution is 6.11. The van der Waals surface area contributed by atoms with Gasteiger partial charge in [-0.2, -0.15) is 0 Å². The lowest BCUT2D eigenvalue weighted by molar-refractivity contribution is -0.132. The Bertz CT molecular complexity index is 972. The summed E-state index contributed by atoms with van der Waals surface area (Å²) in [4.78, 5) is 27.3. The van der Waals surface area contributed by atoms with Crippen LogP contribution in [0.5, 0.6) is 11.5 Å². The molecule has 0 fully saturated rings. The predicted octanol–water partition coefficient (Wildman–Crippen LogP) is 3.63. The number of hydrogen-bond donors (Lipinski definition) is 0. The lowest BCUT2D eigenvalue weighted by atomic mass is 10.2. The van der Waals surface area contributed by atoms with E-state index in [-0.39, 0.29) is 11.6 Å². The molecule has 0 aliphatic carbocycles. The molecule has 3 rings (SSSR count). The van der Waals surface area contributed by atoms with Crippen molar-refractivity contribution in [3.05, 3.63) is 71.4 Å². The van der Waals surface area contributed by atoms with Crippen LogP contribution in [0.3, 0.4) is 0 Å². The number of rotatable bonds is 5. The first-order valence-electron chi connectivity index (χ1n) is 8.17. The fourth-order valence-electron chi connectivity index (χ4n) is 2.45. The monoisotopic (exact) mass is 363 g/mol. The third kappa shape index (κ3) is 4.70. The van der Waals surface area contributed by atoms with Crippen LogP contribution in [0.25, 0.3) is 12.2 Å². The zero-order valence-corrected chi connectivity index (χ0v) is 14.8. The second-order valence-electron chi connectivity index (χ2n) is 5.61. The van der Waals surface area contributed by atoms with Crippen LogP contribution >= 0.6 is 0 Å². The summed E-state index contributed by atoms with van der Waals surface area (Å²) >= 11 is 0. The maximum Gasteiger partial charge on any atom is 0.363 e. The lowest BCUT2D eigenvalue weighted by Gasteiger charge is -2.02. The van der Waals surface area contributed by atoms with Crippen molar-refractivity contribution in [3.8, 4) is 11.5 Å². The van der Waals surface area contributed by atoms with Gasteiger partial charge in [0.15, 0.2) is 5.70 Å². The van der Waals surface area contributed by atoms with Crippen molar-refractivity contribution in [1.82, 2.24) is 0 Å².